The molecular formula is C24H28BrN5O4. The molecule has 1 spiro atoms. The number of aromatic nitrogens is 3. The van der Waals surface area contributed by atoms with Crippen LogP contribution in [0.1, 0.15) is 41.9 Å². The van der Waals surface area contributed by atoms with E-state index in [4.69, 9.17) is 4.74 Å². The number of benzene rings is 1. The van der Waals surface area contributed by atoms with Gasteiger partial charge in [0.2, 0.25) is 5.65 Å². The zero-order valence-electron chi connectivity index (χ0n) is 19.2. The van der Waals surface area contributed by atoms with Gasteiger partial charge in [0.1, 0.15) is 16.9 Å². The van der Waals surface area contributed by atoms with Gasteiger partial charge in [0.15, 0.2) is 0 Å². The van der Waals surface area contributed by atoms with Crippen molar-refractivity contribution >= 4 is 27.5 Å². The number of ether oxygens (including phenoxy) is 1. The van der Waals surface area contributed by atoms with Crippen LogP contribution in [0.5, 0.6) is 5.88 Å². The second-order valence-corrected chi connectivity index (χ2v) is 10.6. The highest BCUT2D eigenvalue weighted by molar-refractivity contribution is 9.10. The van der Waals surface area contributed by atoms with Crippen LogP contribution in [0, 0.1) is 0 Å². The third-order valence-electron chi connectivity index (χ3n) is 6.56. The lowest BCUT2D eigenvalue weighted by Crippen LogP contribution is -2.65. The lowest BCUT2D eigenvalue weighted by Gasteiger charge is -2.48. The molecule has 1 amide bonds. The van der Waals surface area contributed by atoms with Crippen molar-refractivity contribution in [1.29, 1.82) is 0 Å². The first kappa shape index (κ1) is 23.2. The molecule has 2 aliphatic heterocycles. The van der Waals surface area contributed by atoms with Crippen molar-refractivity contribution in [2.75, 3.05) is 19.7 Å². The number of carbonyl (C=O) groups excluding carboxylic acids is 1. The lowest BCUT2D eigenvalue weighted by molar-refractivity contribution is -0.0140. The molecule has 0 unspecified atom stereocenters. The number of fused-ring (bicyclic) bond motifs is 2. The van der Waals surface area contributed by atoms with Crippen LogP contribution in [-0.2, 0) is 13.0 Å². The average molecular weight is 530 g/mol. The predicted octanol–water partition coefficient (Wildman–Crippen LogP) is 1.93. The number of carbonyl (C=O) groups is 1. The first-order valence-corrected chi connectivity index (χ1v) is 12.1. The van der Waals surface area contributed by atoms with Gasteiger partial charge in [0, 0.05) is 32.0 Å². The van der Waals surface area contributed by atoms with Crippen molar-refractivity contribution in [3.63, 3.8) is 0 Å². The second kappa shape index (κ2) is 8.60. The fraction of sp³-hybridized carbons (Fsp3) is 0.458. The molecule has 0 bridgehead atoms. The number of hydrogen-bond donors (Lipinski definition) is 3. The number of amides is 1. The van der Waals surface area contributed by atoms with E-state index in [0.717, 1.165) is 6.42 Å². The molecule has 3 N–H and O–H groups in total. The highest BCUT2D eigenvalue weighted by atomic mass is 79.9. The van der Waals surface area contributed by atoms with E-state index >= 15 is 0 Å². The van der Waals surface area contributed by atoms with Gasteiger partial charge < -0.3 is 25.2 Å². The summed E-state index contributed by atoms with van der Waals surface area (Å²) in [4.78, 5) is 23.7. The summed E-state index contributed by atoms with van der Waals surface area (Å²) in [7, 11) is 0. The van der Waals surface area contributed by atoms with Gasteiger partial charge in [-0.15, -0.1) is 0 Å². The van der Waals surface area contributed by atoms with E-state index < -0.39 is 17.2 Å². The Balaban J connectivity index is 1.34. The smallest absolute Gasteiger partial charge is 0.274 e. The van der Waals surface area contributed by atoms with Crippen LogP contribution in [0.2, 0.25) is 0 Å². The molecule has 9 nitrogen and oxygen atoms in total. The molecule has 2 aromatic heterocycles. The van der Waals surface area contributed by atoms with Crippen molar-refractivity contribution in [3.8, 4) is 5.88 Å². The molecule has 5 rings (SSSR count). The largest absolute Gasteiger partial charge is 0.472 e. The standard InChI is InChI=1S/C24H28BrN5O4/c1-23(2,33)14-34-21-20-27-17(11-30(20)13-19(25)28-21)22(32)29-8-7-24(18(31)12-29)9-15-5-3-4-6-16(15)10-26-24/h3-6,11,13,18,26,31,33H,7-10,12,14H2,1-2H3/t18-,24+/m1/s1. The van der Waals surface area contributed by atoms with Crippen molar-refractivity contribution in [2.24, 2.45) is 0 Å². The van der Waals surface area contributed by atoms with Gasteiger partial charge in [0.05, 0.1) is 17.2 Å². The Morgan fingerprint density at radius 2 is 2.06 bits per heavy atom. The molecule has 1 saturated heterocycles. The molecule has 4 heterocycles. The SMILES string of the molecule is CC(C)(O)COc1nc(Br)cn2cc(C(=O)N3CC[C@]4(Cc5ccccc5CN4)[C@H](O)C3)nc12. The molecule has 10 heteroatoms. The minimum Gasteiger partial charge on any atom is -0.472 e. The Labute approximate surface area is 205 Å². The normalized spacial score (nSPS) is 22.7. The van der Waals surface area contributed by atoms with Gasteiger partial charge in [-0.1, -0.05) is 24.3 Å². The number of piperidine rings is 1. The van der Waals surface area contributed by atoms with Gasteiger partial charge in [-0.25, -0.2) is 9.97 Å². The number of imidazole rings is 1. The zero-order valence-corrected chi connectivity index (χ0v) is 20.7. The maximum Gasteiger partial charge on any atom is 0.274 e. The summed E-state index contributed by atoms with van der Waals surface area (Å²) >= 11 is 3.35. The summed E-state index contributed by atoms with van der Waals surface area (Å²) in [5.41, 5.74) is 1.66. The van der Waals surface area contributed by atoms with Crippen molar-refractivity contribution in [2.45, 2.75) is 50.5 Å². The van der Waals surface area contributed by atoms with Crippen LogP contribution >= 0.6 is 15.9 Å². The quantitative estimate of drug-likeness (QED) is 0.473. The summed E-state index contributed by atoms with van der Waals surface area (Å²) in [5, 5.41) is 24.6. The van der Waals surface area contributed by atoms with Gasteiger partial charge in [-0.3, -0.25) is 9.20 Å². The van der Waals surface area contributed by atoms with Crippen LogP contribution in [0.25, 0.3) is 5.65 Å². The average Bonchev–Trinajstić information content (AvgIpc) is 3.22. The molecular weight excluding hydrogens is 502 g/mol. The molecule has 34 heavy (non-hydrogen) atoms. The summed E-state index contributed by atoms with van der Waals surface area (Å²) in [5.74, 6) is -0.0309. The maximum absolute atomic E-state index is 13.3. The zero-order chi connectivity index (χ0) is 24.1. The van der Waals surface area contributed by atoms with Crippen LogP contribution < -0.4 is 10.1 Å². The number of likely N-dealkylation sites (tertiary alicyclic amines) is 1. The van der Waals surface area contributed by atoms with E-state index in [1.54, 1.807) is 35.5 Å². The first-order valence-electron chi connectivity index (χ1n) is 11.3. The second-order valence-electron chi connectivity index (χ2n) is 9.80. The Morgan fingerprint density at radius 1 is 1.29 bits per heavy atom. The number of rotatable bonds is 4. The molecule has 0 saturated carbocycles. The van der Waals surface area contributed by atoms with E-state index in [9.17, 15) is 15.0 Å². The van der Waals surface area contributed by atoms with Crippen molar-refractivity contribution in [3.05, 3.63) is 58.1 Å². The van der Waals surface area contributed by atoms with Gasteiger partial charge in [-0.05, 0) is 53.7 Å². The molecule has 180 valence electrons. The molecule has 0 aliphatic carbocycles. The minimum absolute atomic E-state index is 0.0266. The topological polar surface area (TPSA) is 112 Å². The molecule has 2 aliphatic rings. The Hall–Kier alpha value is -2.53. The van der Waals surface area contributed by atoms with Crippen LogP contribution in [0.15, 0.2) is 41.3 Å². The number of β-amino-alcohol motifs (C(OH)–C–C–N with tert-alkyl or cyclic N) is 1. The van der Waals surface area contributed by atoms with Crippen LogP contribution in [-0.4, -0.2) is 72.3 Å². The van der Waals surface area contributed by atoms with Gasteiger partial charge >= 0.3 is 0 Å². The number of aliphatic hydroxyl groups excluding tert-OH is 1. The minimum atomic E-state index is -1.04. The van der Waals surface area contributed by atoms with E-state index in [0.29, 0.717) is 29.8 Å². The van der Waals surface area contributed by atoms with Crippen LogP contribution in [0.4, 0.5) is 0 Å². The molecule has 1 aromatic carbocycles. The first-order chi connectivity index (χ1) is 16.1. The highest BCUT2D eigenvalue weighted by Crippen LogP contribution is 2.33. The fourth-order valence-corrected chi connectivity index (χ4v) is 5.08. The maximum atomic E-state index is 13.3. The predicted molar refractivity (Wildman–Crippen MR) is 129 cm³/mol. The van der Waals surface area contributed by atoms with Gasteiger partial charge in [-0.2, -0.15) is 0 Å². The number of nitrogens with one attached hydrogen (secondary N) is 1. The highest BCUT2D eigenvalue weighted by Gasteiger charge is 2.45. The fourth-order valence-electron chi connectivity index (χ4n) is 4.70. The third kappa shape index (κ3) is 4.43. The number of hydrogen-bond acceptors (Lipinski definition) is 7. The molecule has 0 radical (unpaired) electrons. The van der Waals surface area contributed by atoms with E-state index in [1.165, 1.54) is 11.1 Å². The van der Waals surface area contributed by atoms with Gasteiger partial charge in [0.25, 0.3) is 11.8 Å². The monoisotopic (exact) mass is 529 g/mol. The molecule has 3 aromatic rings. The molecule has 1 fully saturated rings. The van der Waals surface area contributed by atoms with Crippen molar-refractivity contribution in [1.82, 2.24) is 24.6 Å². The number of nitrogens with zero attached hydrogens (tertiary/aromatic N) is 4. The summed E-state index contributed by atoms with van der Waals surface area (Å²) < 4.78 is 7.86. The summed E-state index contributed by atoms with van der Waals surface area (Å²) in [6.07, 6.45) is 4.01. The lowest BCUT2D eigenvalue weighted by atomic mass is 9.76. The van der Waals surface area contributed by atoms with E-state index in [-0.39, 0.29) is 30.6 Å². The van der Waals surface area contributed by atoms with Crippen LogP contribution in [0.3, 0.4) is 0 Å². The Bertz CT molecular complexity index is 1240. The van der Waals surface area contributed by atoms with E-state index in [1.807, 2.05) is 12.1 Å². The number of aliphatic hydroxyl groups is 2. The molecule has 2 atom stereocenters. The van der Waals surface area contributed by atoms with E-state index in [2.05, 4.69) is 43.3 Å². The Morgan fingerprint density at radius 3 is 2.79 bits per heavy atom. The van der Waals surface area contributed by atoms with Crippen molar-refractivity contribution < 1.29 is 19.7 Å². The third-order valence-corrected chi connectivity index (χ3v) is 6.94. The Kier molecular flexibility index (Phi) is 5.87. The summed E-state index contributed by atoms with van der Waals surface area (Å²) in [6.45, 7) is 4.75. The summed E-state index contributed by atoms with van der Waals surface area (Å²) in [6, 6.07) is 8.28. The number of halogens is 1.